The summed E-state index contributed by atoms with van der Waals surface area (Å²) in [4.78, 5) is 12.2. The Bertz CT molecular complexity index is 822. The first-order valence-corrected chi connectivity index (χ1v) is 15.3. The maximum Gasteiger partial charge on any atom is 0.220 e. The van der Waals surface area contributed by atoms with Crippen molar-refractivity contribution in [1.29, 1.82) is 0 Å². The first-order valence-electron chi connectivity index (χ1n) is 15.3. The first kappa shape index (κ1) is 35.3. The highest BCUT2D eigenvalue weighted by atomic mass is 79.9. The number of unbranched alkanes of at least 4 members (excludes halogenated alkanes) is 15. The number of rotatable bonds is 23. The molecule has 0 saturated heterocycles. The minimum absolute atomic E-state index is 0. The van der Waals surface area contributed by atoms with Crippen LogP contribution in [-0.2, 0) is 11.3 Å². The Morgan fingerprint density at radius 2 is 1.10 bits per heavy atom. The maximum absolute atomic E-state index is 12.2. The number of amides is 1. The van der Waals surface area contributed by atoms with Gasteiger partial charge in [-0.15, -0.1) is 0 Å². The second kappa shape index (κ2) is 24.1. The predicted octanol–water partition coefficient (Wildman–Crippen LogP) is 3.82. The summed E-state index contributed by atoms with van der Waals surface area (Å²) >= 11 is 0. The van der Waals surface area contributed by atoms with Gasteiger partial charge >= 0.3 is 0 Å². The molecule has 6 heteroatoms. The molecule has 39 heavy (non-hydrogen) atoms. The smallest absolute Gasteiger partial charge is 0.220 e. The molecule has 1 heterocycles. The molecule has 1 amide bonds. The fraction of sp³-hybridized carbons (Fsp3) is 0.636. The van der Waals surface area contributed by atoms with Crippen LogP contribution in [0.25, 0.3) is 0 Å². The molecule has 0 aliphatic rings. The van der Waals surface area contributed by atoms with Crippen molar-refractivity contribution in [1.82, 2.24) is 5.32 Å². The highest BCUT2D eigenvalue weighted by Gasteiger charge is 2.21. The number of carbonyl (C=O) groups excluding carboxylic acids is 1. The van der Waals surface area contributed by atoms with Crippen molar-refractivity contribution in [3.8, 4) is 0 Å². The van der Waals surface area contributed by atoms with Crippen LogP contribution in [-0.4, -0.2) is 28.8 Å². The van der Waals surface area contributed by atoms with Gasteiger partial charge in [-0.05, 0) is 18.4 Å². The molecule has 1 aromatic carbocycles. The average Bonchev–Trinajstić information content (AvgIpc) is 2.96. The highest BCUT2D eigenvalue weighted by molar-refractivity contribution is 5.76. The molecule has 2 atom stereocenters. The molecule has 3 N–H and O–H groups in total. The third-order valence-corrected chi connectivity index (χ3v) is 7.41. The number of hydrogen-bond acceptors (Lipinski definition) is 3. The van der Waals surface area contributed by atoms with E-state index < -0.39 is 12.1 Å². The van der Waals surface area contributed by atoms with Crippen LogP contribution in [0.4, 0.5) is 0 Å². The largest absolute Gasteiger partial charge is 1.00 e. The minimum atomic E-state index is -0.898. The number of hydrogen-bond donors (Lipinski definition) is 3. The Morgan fingerprint density at radius 3 is 1.59 bits per heavy atom. The van der Waals surface area contributed by atoms with E-state index in [1.807, 2.05) is 18.2 Å². The second-order valence-electron chi connectivity index (χ2n) is 10.7. The summed E-state index contributed by atoms with van der Waals surface area (Å²) < 4.78 is 2.28. The third kappa shape index (κ3) is 17.5. The van der Waals surface area contributed by atoms with Crippen LogP contribution < -0.4 is 26.9 Å². The van der Waals surface area contributed by atoms with Crippen molar-refractivity contribution in [2.24, 2.45) is 0 Å². The van der Waals surface area contributed by atoms with E-state index in [1.54, 1.807) is 12.1 Å². The van der Waals surface area contributed by atoms with Gasteiger partial charge in [-0.25, -0.2) is 4.57 Å². The van der Waals surface area contributed by atoms with Gasteiger partial charge in [-0.2, -0.15) is 0 Å². The molecule has 0 saturated carbocycles. The number of halogens is 1. The monoisotopic (exact) mass is 604 g/mol. The Kier molecular flexibility index (Phi) is 21.8. The van der Waals surface area contributed by atoms with Gasteiger partial charge in [0.1, 0.15) is 12.6 Å². The third-order valence-electron chi connectivity index (χ3n) is 7.41. The van der Waals surface area contributed by atoms with Gasteiger partial charge in [0.05, 0.1) is 12.6 Å². The Hall–Kier alpha value is -1.76. The minimum Gasteiger partial charge on any atom is -1.00 e. The number of aliphatic hydroxyl groups excluding tert-OH is 2. The van der Waals surface area contributed by atoms with E-state index in [4.69, 9.17) is 0 Å². The van der Waals surface area contributed by atoms with Crippen molar-refractivity contribution in [2.75, 3.05) is 6.61 Å². The lowest BCUT2D eigenvalue weighted by Gasteiger charge is -2.22. The quantitative estimate of drug-likeness (QED) is 0.133. The number of pyridine rings is 1. The van der Waals surface area contributed by atoms with E-state index in [1.165, 1.54) is 89.9 Å². The molecule has 0 aliphatic heterocycles. The molecule has 0 bridgehead atoms. The lowest BCUT2D eigenvalue weighted by molar-refractivity contribution is -0.697. The van der Waals surface area contributed by atoms with Gasteiger partial charge in [0, 0.05) is 25.0 Å². The van der Waals surface area contributed by atoms with Crippen molar-refractivity contribution in [3.05, 3.63) is 66.5 Å². The lowest BCUT2D eigenvalue weighted by Crippen LogP contribution is -3.00. The maximum atomic E-state index is 12.2. The summed E-state index contributed by atoms with van der Waals surface area (Å²) in [6.07, 6.45) is 24.5. The standard InChI is InChI=1S/C33H52N2O3.BrH/c36-29-31(33(38)30-23-17-15-18-24-30)34-32(37)25-19-13-11-9-7-5-3-1-2-4-6-8-10-12-14-20-26-35-27-21-16-22-28-35;/h15-18,21-24,27-28,31,33,36,38H,1-14,19-20,25-26,29H2;1H/t31-,33+;/m1./s1. The zero-order chi connectivity index (χ0) is 27.1. The van der Waals surface area contributed by atoms with Gasteiger partial charge in [-0.1, -0.05) is 120 Å². The van der Waals surface area contributed by atoms with E-state index in [9.17, 15) is 15.0 Å². The summed E-state index contributed by atoms with van der Waals surface area (Å²) in [5.41, 5.74) is 0.701. The predicted molar refractivity (Wildman–Crippen MR) is 156 cm³/mol. The molecule has 5 nitrogen and oxygen atoms in total. The Balaban J connectivity index is 0.00000760. The number of aromatic nitrogens is 1. The highest BCUT2D eigenvalue weighted by Crippen LogP contribution is 2.17. The summed E-state index contributed by atoms with van der Waals surface area (Å²) in [5, 5.41) is 22.8. The zero-order valence-electron chi connectivity index (χ0n) is 24.0. The SMILES string of the molecule is O=C(CCCCCCCCCCCCCCCCCC[n+]1ccccc1)N[C@H](CO)[C@@H](O)c1ccccc1.[Br-]. The molecule has 0 unspecified atom stereocenters. The van der Waals surface area contributed by atoms with Gasteiger partial charge in [0.15, 0.2) is 12.4 Å². The van der Waals surface area contributed by atoms with Crippen LogP contribution in [0.2, 0.25) is 0 Å². The van der Waals surface area contributed by atoms with Crippen LogP contribution in [0.1, 0.15) is 121 Å². The number of nitrogens with zero attached hydrogens (tertiary/aromatic N) is 1. The summed E-state index contributed by atoms with van der Waals surface area (Å²) in [6, 6.07) is 14.8. The lowest BCUT2D eigenvalue weighted by atomic mass is 10.0. The van der Waals surface area contributed by atoms with Gasteiger partial charge in [0.25, 0.3) is 0 Å². The summed E-state index contributed by atoms with van der Waals surface area (Å²) in [6.45, 7) is 0.863. The number of carbonyl (C=O) groups is 1. The van der Waals surface area contributed by atoms with E-state index in [-0.39, 0.29) is 29.5 Å². The molecule has 2 aromatic rings. The van der Waals surface area contributed by atoms with Crippen molar-refractivity contribution >= 4 is 5.91 Å². The van der Waals surface area contributed by atoms with Crippen LogP contribution in [0.5, 0.6) is 0 Å². The Labute approximate surface area is 248 Å². The molecule has 0 radical (unpaired) electrons. The second-order valence-corrected chi connectivity index (χ2v) is 10.7. The van der Waals surface area contributed by atoms with Crippen LogP contribution in [0.3, 0.4) is 0 Å². The van der Waals surface area contributed by atoms with Crippen molar-refractivity contribution in [2.45, 2.75) is 128 Å². The number of nitrogens with one attached hydrogen (secondary N) is 1. The van der Waals surface area contributed by atoms with Crippen molar-refractivity contribution < 1.29 is 36.6 Å². The van der Waals surface area contributed by atoms with E-state index in [0.717, 1.165) is 19.4 Å². The van der Waals surface area contributed by atoms with Crippen LogP contribution in [0, 0.1) is 0 Å². The van der Waals surface area contributed by atoms with E-state index in [0.29, 0.717) is 12.0 Å². The van der Waals surface area contributed by atoms with Crippen LogP contribution >= 0.6 is 0 Å². The molecule has 220 valence electrons. The topological polar surface area (TPSA) is 73.4 Å². The van der Waals surface area contributed by atoms with Crippen molar-refractivity contribution in [3.63, 3.8) is 0 Å². The number of aryl methyl sites for hydroxylation is 1. The molecule has 0 spiro atoms. The number of benzene rings is 1. The molecule has 0 fully saturated rings. The molecule has 0 aliphatic carbocycles. The fourth-order valence-corrected chi connectivity index (χ4v) is 5.02. The van der Waals surface area contributed by atoms with E-state index in [2.05, 4.69) is 40.5 Å². The summed E-state index contributed by atoms with van der Waals surface area (Å²) in [5.74, 6) is -0.0961. The van der Waals surface area contributed by atoms with Gasteiger partial charge in [-0.3, -0.25) is 4.79 Å². The zero-order valence-corrected chi connectivity index (χ0v) is 25.6. The average molecular weight is 606 g/mol. The van der Waals surface area contributed by atoms with Gasteiger partial charge in [0.2, 0.25) is 5.91 Å². The molecule has 2 rings (SSSR count). The summed E-state index contributed by atoms with van der Waals surface area (Å²) in [7, 11) is 0. The molecule has 1 aromatic heterocycles. The number of aliphatic hydroxyl groups is 2. The Morgan fingerprint density at radius 1 is 0.667 bits per heavy atom. The normalized spacial score (nSPS) is 12.5. The van der Waals surface area contributed by atoms with Crippen LogP contribution in [0.15, 0.2) is 60.9 Å². The molecular weight excluding hydrogens is 552 g/mol. The van der Waals surface area contributed by atoms with Gasteiger partial charge < -0.3 is 32.5 Å². The fourth-order valence-electron chi connectivity index (χ4n) is 5.02. The first-order chi connectivity index (χ1) is 18.7. The molecular formula is C33H53BrN2O3. The van der Waals surface area contributed by atoms with E-state index >= 15 is 0 Å².